The minimum Gasteiger partial charge on any atom is -0.345 e. The van der Waals surface area contributed by atoms with Gasteiger partial charge in [-0.2, -0.15) is 0 Å². The fourth-order valence-corrected chi connectivity index (χ4v) is 2.94. The van der Waals surface area contributed by atoms with E-state index in [-0.39, 0.29) is 17.9 Å². The van der Waals surface area contributed by atoms with Gasteiger partial charge in [-0.3, -0.25) is 9.36 Å². The van der Waals surface area contributed by atoms with E-state index >= 15 is 0 Å². The first-order valence-corrected chi connectivity index (χ1v) is 8.38. The van der Waals surface area contributed by atoms with Crippen LogP contribution in [0.4, 0.5) is 8.78 Å². The Labute approximate surface area is 154 Å². The monoisotopic (exact) mass is 363 g/mol. The first-order valence-electron chi connectivity index (χ1n) is 8.38. The van der Waals surface area contributed by atoms with Crippen molar-refractivity contribution in [2.75, 3.05) is 0 Å². The number of halogens is 2. The molecule has 1 N–H and O–H groups in total. The number of hydrogen-bond acceptors (Lipinski definition) is 2. The highest BCUT2D eigenvalue weighted by atomic mass is 19.1. The van der Waals surface area contributed by atoms with Crippen LogP contribution in [-0.4, -0.2) is 15.5 Å². The van der Waals surface area contributed by atoms with E-state index in [4.69, 9.17) is 0 Å². The molecule has 27 heavy (non-hydrogen) atoms. The van der Waals surface area contributed by atoms with Gasteiger partial charge >= 0.3 is 0 Å². The molecule has 134 valence electrons. The maximum Gasteiger partial charge on any atom is 0.287 e. The van der Waals surface area contributed by atoms with E-state index in [0.717, 1.165) is 23.3 Å². The molecular formula is C21H15F2N3O. The summed E-state index contributed by atoms with van der Waals surface area (Å²) in [6.45, 7) is -0.0665. The minimum absolute atomic E-state index is 0.0665. The number of rotatable bonds is 4. The molecule has 1 amide bonds. The third kappa shape index (κ3) is 3.29. The highest BCUT2D eigenvalue weighted by Gasteiger charge is 2.19. The van der Waals surface area contributed by atoms with Crippen LogP contribution in [0.5, 0.6) is 0 Å². The lowest BCUT2D eigenvalue weighted by molar-refractivity contribution is 0.0939. The van der Waals surface area contributed by atoms with Gasteiger partial charge in [0.15, 0.2) is 0 Å². The van der Waals surface area contributed by atoms with Gasteiger partial charge in [0.1, 0.15) is 11.6 Å². The summed E-state index contributed by atoms with van der Waals surface area (Å²) in [6.07, 6.45) is 0. The summed E-state index contributed by atoms with van der Waals surface area (Å²) in [5.74, 6) is -1.61. The maximum atomic E-state index is 13.8. The van der Waals surface area contributed by atoms with E-state index in [2.05, 4.69) is 10.3 Å². The Balaban J connectivity index is 1.69. The third-order valence-corrected chi connectivity index (χ3v) is 4.23. The fraction of sp³-hybridized carbons (Fsp3) is 0.0476. The lowest BCUT2D eigenvalue weighted by Gasteiger charge is -2.10. The first-order chi connectivity index (χ1) is 13.1. The Hall–Kier alpha value is -3.54. The van der Waals surface area contributed by atoms with Crippen LogP contribution in [0.3, 0.4) is 0 Å². The number of carbonyl (C=O) groups excluding carboxylic acids is 1. The minimum atomic E-state index is -0.702. The number of para-hydroxylation sites is 3. The molecule has 0 saturated heterocycles. The average molecular weight is 363 g/mol. The molecule has 0 saturated carbocycles. The van der Waals surface area contributed by atoms with E-state index in [1.54, 1.807) is 4.57 Å². The van der Waals surface area contributed by atoms with Crippen molar-refractivity contribution in [1.29, 1.82) is 0 Å². The van der Waals surface area contributed by atoms with Gasteiger partial charge in [-0.15, -0.1) is 0 Å². The number of amides is 1. The lowest BCUT2D eigenvalue weighted by atomic mass is 10.2. The fourth-order valence-electron chi connectivity index (χ4n) is 2.94. The Morgan fingerprint density at radius 2 is 1.70 bits per heavy atom. The molecular weight excluding hydrogens is 348 g/mol. The summed E-state index contributed by atoms with van der Waals surface area (Å²) in [6, 6.07) is 20.1. The Morgan fingerprint density at radius 3 is 2.48 bits per heavy atom. The molecule has 0 fully saturated rings. The van der Waals surface area contributed by atoms with Crippen molar-refractivity contribution < 1.29 is 13.6 Å². The zero-order chi connectivity index (χ0) is 18.8. The normalized spacial score (nSPS) is 10.9. The molecule has 0 spiro atoms. The summed E-state index contributed by atoms with van der Waals surface area (Å²) >= 11 is 0. The summed E-state index contributed by atoms with van der Waals surface area (Å²) in [4.78, 5) is 17.2. The van der Waals surface area contributed by atoms with Gasteiger partial charge in [0, 0.05) is 23.9 Å². The predicted octanol–water partition coefficient (Wildman–Crippen LogP) is 4.23. The van der Waals surface area contributed by atoms with Gasteiger partial charge in [0.25, 0.3) is 5.91 Å². The molecule has 1 aromatic heterocycles. The standard InChI is InChI=1S/C21H15F2N3O/c22-15-11-10-14(17(23)12-15)13-24-21(27)20-25-18-8-4-5-9-19(18)26(20)16-6-2-1-3-7-16/h1-12H,13H2,(H,24,27). The van der Waals surface area contributed by atoms with Crippen LogP contribution >= 0.6 is 0 Å². The number of benzene rings is 3. The second kappa shape index (κ2) is 6.99. The summed E-state index contributed by atoms with van der Waals surface area (Å²) in [5, 5.41) is 2.66. The molecule has 0 aliphatic heterocycles. The average Bonchev–Trinajstić information content (AvgIpc) is 3.07. The molecule has 0 unspecified atom stereocenters. The van der Waals surface area contributed by atoms with E-state index in [0.29, 0.717) is 5.52 Å². The zero-order valence-corrected chi connectivity index (χ0v) is 14.2. The maximum absolute atomic E-state index is 13.8. The van der Waals surface area contributed by atoms with Gasteiger partial charge in [0.05, 0.1) is 11.0 Å². The van der Waals surface area contributed by atoms with E-state index in [9.17, 15) is 13.6 Å². The second-order valence-electron chi connectivity index (χ2n) is 6.01. The van der Waals surface area contributed by atoms with Crippen molar-refractivity contribution in [2.45, 2.75) is 6.54 Å². The van der Waals surface area contributed by atoms with E-state index in [1.807, 2.05) is 54.6 Å². The van der Waals surface area contributed by atoms with E-state index < -0.39 is 17.5 Å². The van der Waals surface area contributed by atoms with Gasteiger partial charge < -0.3 is 5.32 Å². The third-order valence-electron chi connectivity index (χ3n) is 4.23. The van der Waals surface area contributed by atoms with Crippen molar-refractivity contribution in [3.63, 3.8) is 0 Å². The number of nitrogens with one attached hydrogen (secondary N) is 1. The zero-order valence-electron chi connectivity index (χ0n) is 14.2. The second-order valence-corrected chi connectivity index (χ2v) is 6.01. The van der Waals surface area contributed by atoms with Crippen molar-refractivity contribution in [1.82, 2.24) is 14.9 Å². The van der Waals surface area contributed by atoms with Crippen molar-refractivity contribution in [3.8, 4) is 5.69 Å². The first kappa shape index (κ1) is 16.9. The summed E-state index contributed by atoms with van der Waals surface area (Å²) < 4.78 is 28.6. The molecule has 1 heterocycles. The van der Waals surface area contributed by atoms with Gasteiger partial charge in [-0.25, -0.2) is 13.8 Å². The molecule has 6 heteroatoms. The Morgan fingerprint density at radius 1 is 0.963 bits per heavy atom. The summed E-state index contributed by atoms with van der Waals surface area (Å²) in [5.41, 5.74) is 2.47. The van der Waals surface area contributed by atoms with Crippen molar-refractivity contribution in [3.05, 3.63) is 95.8 Å². The molecule has 0 aliphatic carbocycles. The van der Waals surface area contributed by atoms with Crippen LogP contribution in [0.25, 0.3) is 16.7 Å². The van der Waals surface area contributed by atoms with Gasteiger partial charge in [0.2, 0.25) is 5.82 Å². The molecule has 4 nitrogen and oxygen atoms in total. The summed E-state index contributed by atoms with van der Waals surface area (Å²) in [7, 11) is 0. The molecule has 3 aromatic carbocycles. The SMILES string of the molecule is O=C(NCc1ccc(F)cc1F)c1nc2ccccc2n1-c1ccccc1. The predicted molar refractivity (Wildman–Crippen MR) is 98.6 cm³/mol. The Kier molecular flexibility index (Phi) is 4.38. The highest BCUT2D eigenvalue weighted by Crippen LogP contribution is 2.21. The molecule has 0 atom stereocenters. The number of hydrogen-bond donors (Lipinski definition) is 1. The lowest BCUT2D eigenvalue weighted by Crippen LogP contribution is -2.26. The number of fused-ring (bicyclic) bond motifs is 1. The smallest absolute Gasteiger partial charge is 0.287 e. The number of carbonyl (C=O) groups is 1. The van der Waals surface area contributed by atoms with Gasteiger partial charge in [-0.05, 0) is 30.3 Å². The van der Waals surface area contributed by atoms with Crippen molar-refractivity contribution >= 4 is 16.9 Å². The Bertz CT molecular complexity index is 1120. The van der Waals surface area contributed by atoms with E-state index in [1.165, 1.54) is 6.07 Å². The van der Waals surface area contributed by atoms with Gasteiger partial charge in [-0.1, -0.05) is 36.4 Å². The van der Waals surface area contributed by atoms with Crippen LogP contribution in [0.15, 0.2) is 72.8 Å². The number of aromatic nitrogens is 2. The molecule has 0 aliphatic rings. The molecule has 0 radical (unpaired) electrons. The van der Waals surface area contributed by atoms with Crippen LogP contribution in [0.1, 0.15) is 16.2 Å². The molecule has 0 bridgehead atoms. The number of imidazole rings is 1. The molecule has 4 aromatic rings. The van der Waals surface area contributed by atoms with Crippen molar-refractivity contribution in [2.24, 2.45) is 0 Å². The molecule has 4 rings (SSSR count). The van der Waals surface area contributed by atoms with Crippen LogP contribution in [0, 0.1) is 11.6 Å². The number of nitrogens with zero attached hydrogens (tertiary/aromatic N) is 2. The largest absolute Gasteiger partial charge is 0.345 e. The van der Waals surface area contributed by atoms with Crippen LogP contribution < -0.4 is 5.32 Å². The topological polar surface area (TPSA) is 46.9 Å². The van der Waals surface area contributed by atoms with Crippen LogP contribution in [-0.2, 0) is 6.54 Å². The highest BCUT2D eigenvalue weighted by molar-refractivity contribution is 5.96. The van der Waals surface area contributed by atoms with Crippen LogP contribution in [0.2, 0.25) is 0 Å². The quantitative estimate of drug-likeness (QED) is 0.590.